The standard InChI is InChI=1S/C24H22N4O/c29-24(27-16-14-26(15-17-27)20-6-2-1-3-7-20)19-10-12-21(13-11-19)28-18-25-22-8-4-5-9-23(22)28/h1-13,18H,14-17H2. The molecule has 1 aliphatic rings. The maximum absolute atomic E-state index is 12.9. The Balaban J connectivity index is 1.29. The molecule has 0 radical (unpaired) electrons. The minimum Gasteiger partial charge on any atom is -0.368 e. The van der Waals surface area contributed by atoms with Crippen LogP contribution in [-0.2, 0) is 0 Å². The van der Waals surface area contributed by atoms with E-state index in [1.807, 2.05) is 70.4 Å². The van der Waals surface area contributed by atoms with E-state index >= 15 is 0 Å². The van der Waals surface area contributed by atoms with Gasteiger partial charge in [-0.2, -0.15) is 0 Å². The molecule has 2 heterocycles. The average Bonchev–Trinajstić information content (AvgIpc) is 3.24. The molecular formula is C24H22N4O. The second-order valence-corrected chi connectivity index (χ2v) is 7.26. The van der Waals surface area contributed by atoms with Crippen molar-refractivity contribution in [3.05, 3.63) is 90.8 Å². The summed E-state index contributed by atoms with van der Waals surface area (Å²) in [4.78, 5) is 21.7. The molecule has 0 unspecified atom stereocenters. The fourth-order valence-electron chi connectivity index (χ4n) is 3.92. The number of aromatic nitrogens is 2. The highest BCUT2D eigenvalue weighted by Gasteiger charge is 2.22. The first-order valence-corrected chi connectivity index (χ1v) is 9.91. The minimum absolute atomic E-state index is 0.0970. The van der Waals surface area contributed by atoms with Crippen molar-refractivity contribution in [2.45, 2.75) is 0 Å². The van der Waals surface area contributed by atoms with Crippen LogP contribution in [0.25, 0.3) is 16.7 Å². The molecular weight excluding hydrogens is 360 g/mol. The third-order valence-electron chi connectivity index (χ3n) is 5.53. The van der Waals surface area contributed by atoms with Crippen LogP contribution in [-0.4, -0.2) is 46.5 Å². The highest BCUT2D eigenvalue weighted by Crippen LogP contribution is 2.20. The normalized spacial score (nSPS) is 14.3. The molecule has 1 aliphatic heterocycles. The largest absolute Gasteiger partial charge is 0.368 e. The zero-order chi connectivity index (χ0) is 19.6. The second kappa shape index (κ2) is 7.43. The predicted molar refractivity (Wildman–Crippen MR) is 116 cm³/mol. The molecule has 0 aliphatic carbocycles. The third kappa shape index (κ3) is 3.36. The number of amides is 1. The van der Waals surface area contributed by atoms with Gasteiger partial charge in [0.05, 0.1) is 11.0 Å². The third-order valence-corrected chi connectivity index (χ3v) is 5.53. The van der Waals surface area contributed by atoms with Gasteiger partial charge in [-0.15, -0.1) is 0 Å². The molecule has 1 fully saturated rings. The van der Waals surface area contributed by atoms with E-state index < -0.39 is 0 Å². The number of hydrogen-bond donors (Lipinski definition) is 0. The van der Waals surface area contributed by atoms with Gasteiger partial charge in [0.2, 0.25) is 0 Å². The molecule has 0 atom stereocenters. The maximum atomic E-state index is 12.9. The van der Waals surface area contributed by atoms with Crippen molar-refractivity contribution < 1.29 is 4.79 Å². The minimum atomic E-state index is 0.0970. The lowest BCUT2D eigenvalue weighted by Gasteiger charge is -2.36. The lowest BCUT2D eigenvalue weighted by Crippen LogP contribution is -2.48. The Morgan fingerprint density at radius 2 is 1.41 bits per heavy atom. The molecule has 0 bridgehead atoms. The number of piperazine rings is 1. The van der Waals surface area contributed by atoms with Gasteiger partial charge in [-0.05, 0) is 48.5 Å². The number of anilines is 1. The van der Waals surface area contributed by atoms with Crippen LogP contribution in [0.2, 0.25) is 0 Å². The summed E-state index contributed by atoms with van der Waals surface area (Å²) in [5.41, 5.74) is 4.97. The summed E-state index contributed by atoms with van der Waals surface area (Å²) in [7, 11) is 0. The van der Waals surface area contributed by atoms with Gasteiger partial charge < -0.3 is 9.80 Å². The van der Waals surface area contributed by atoms with Crippen LogP contribution >= 0.6 is 0 Å². The van der Waals surface area contributed by atoms with E-state index in [2.05, 4.69) is 34.1 Å². The Hall–Kier alpha value is -3.60. The number of rotatable bonds is 3. The Kier molecular flexibility index (Phi) is 4.48. The Morgan fingerprint density at radius 1 is 0.724 bits per heavy atom. The summed E-state index contributed by atoms with van der Waals surface area (Å²) in [6.07, 6.45) is 1.82. The summed E-state index contributed by atoms with van der Waals surface area (Å²) in [6.45, 7) is 3.19. The van der Waals surface area contributed by atoms with Crippen molar-refractivity contribution in [2.75, 3.05) is 31.1 Å². The Labute approximate surface area is 169 Å². The van der Waals surface area contributed by atoms with Crippen molar-refractivity contribution in [3.8, 4) is 5.69 Å². The van der Waals surface area contributed by atoms with Gasteiger partial charge >= 0.3 is 0 Å². The van der Waals surface area contributed by atoms with Gasteiger partial charge in [-0.1, -0.05) is 30.3 Å². The highest BCUT2D eigenvalue weighted by atomic mass is 16.2. The number of hydrogen-bond acceptors (Lipinski definition) is 3. The molecule has 1 aromatic heterocycles. The van der Waals surface area contributed by atoms with E-state index in [1.54, 1.807) is 0 Å². The van der Waals surface area contributed by atoms with E-state index in [9.17, 15) is 4.79 Å². The molecule has 5 nitrogen and oxygen atoms in total. The van der Waals surface area contributed by atoms with Crippen LogP contribution < -0.4 is 4.90 Å². The van der Waals surface area contributed by atoms with E-state index in [0.29, 0.717) is 0 Å². The van der Waals surface area contributed by atoms with Crippen molar-refractivity contribution in [1.82, 2.24) is 14.5 Å². The SMILES string of the molecule is O=C(c1ccc(-n2cnc3ccccc32)cc1)N1CCN(c2ccccc2)CC1. The first-order chi connectivity index (χ1) is 14.3. The molecule has 29 heavy (non-hydrogen) atoms. The maximum Gasteiger partial charge on any atom is 0.253 e. The first-order valence-electron chi connectivity index (χ1n) is 9.91. The number of fused-ring (bicyclic) bond motifs is 1. The van der Waals surface area contributed by atoms with E-state index in [-0.39, 0.29) is 5.91 Å². The van der Waals surface area contributed by atoms with Crippen molar-refractivity contribution in [3.63, 3.8) is 0 Å². The van der Waals surface area contributed by atoms with E-state index in [4.69, 9.17) is 0 Å². The summed E-state index contributed by atoms with van der Waals surface area (Å²) < 4.78 is 2.04. The van der Waals surface area contributed by atoms with E-state index in [0.717, 1.165) is 48.5 Å². The topological polar surface area (TPSA) is 41.4 Å². The second-order valence-electron chi connectivity index (χ2n) is 7.26. The van der Waals surface area contributed by atoms with Gasteiger partial charge in [0.1, 0.15) is 6.33 Å². The van der Waals surface area contributed by atoms with Crippen LogP contribution in [0.3, 0.4) is 0 Å². The van der Waals surface area contributed by atoms with Gasteiger partial charge in [0.15, 0.2) is 0 Å². The van der Waals surface area contributed by atoms with Crippen LogP contribution in [0.5, 0.6) is 0 Å². The summed E-state index contributed by atoms with van der Waals surface area (Å²) in [5, 5.41) is 0. The van der Waals surface area contributed by atoms with Gasteiger partial charge in [-0.3, -0.25) is 9.36 Å². The molecule has 0 spiro atoms. The zero-order valence-corrected chi connectivity index (χ0v) is 16.1. The van der Waals surface area contributed by atoms with Crippen molar-refractivity contribution in [2.24, 2.45) is 0 Å². The van der Waals surface area contributed by atoms with Crippen LogP contribution in [0.4, 0.5) is 5.69 Å². The quantitative estimate of drug-likeness (QED) is 0.538. The molecule has 1 amide bonds. The average molecular weight is 382 g/mol. The number of benzene rings is 3. The summed E-state index contributed by atoms with van der Waals surface area (Å²) in [6, 6.07) is 26.2. The lowest BCUT2D eigenvalue weighted by atomic mass is 10.1. The van der Waals surface area contributed by atoms with Gasteiger partial charge in [-0.25, -0.2) is 4.98 Å². The predicted octanol–water partition coefficient (Wildman–Crippen LogP) is 3.99. The van der Waals surface area contributed by atoms with Gasteiger partial charge in [0, 0.05) is 43.1 Å². The molecule has 5 rings (SSSR count). The molecule has 3 aromatic carbocycles. The monoisotopic (exact) mass is 382 g/mol. The van der Waals surface area contributed by atoms with Crippen LogP contribution in [0.15, 0.2) is 85.2 Å². The Morgan fingerprint density at radius 3 is 2.17 bits per heavy atom. The van der Waals surface area contributed by atoms with E-state index in [1.165, 1.54) is 5.69 Å². The fourth-order valence-corrected chi connectivity index (χ4v) is 3.92. The lowest BCUT2D eigenvalue weighted by molar-refractivity contribution is 0.0747. The number of para-hydroxylation sites is 3. The zero-order valence-electron chi connectivity index (χ0n) is 16.1. The summed E-state index contributed by atoms with van der Waals surface area (Å²) >= 11 is 0. The fraction of sp³-hybridized carbons (Fsp3) is 0.167. The van der Waals surface area contributed by atoms with Gasteiger partial charge in [0.25, 0.3) is 5.91 Å². The Bertz CT molecular complexity index is 1130. The first kappa shape index (κ1) is 17.5. The van der Waals surface area contributed by atoms with Crippen molar-refractivity contribution >= 4 is 22.6 Å². The molecule has 0 N–H and O–H groups in total. The molecule has 0 saturated carbocycles. The highest BCUT2D eigenvalue weighted by molar-refractivity contribution is 5.94. The number of carbonyl (C=O) groups is 1. The summed E-state index contributed by atoms with van der Waals surface area (Å²) in [5.74, 6) is 0.0970. The number of imidazole rings is 1. The van der Waals surface area contributed by atoms with Crippen LogP contribution in [0, 0.1) is 0 Å². The smallest absolute Gasteiger partial charge is 0.253 e. The number of nitrogens with zero attached hydrogens (tertiary/aromatic N) is 4. The molecule has 144 valence electrons. The molecule has 5 heteroatoms. The molecule has 1 saturated heterocycles. The van der Waals surface area contributed by atoms with Crippen LogP contribution in [0.1, 0.15) is 10.4 Å². The van der Waals surface area contributed by atoms with Crippen molar-refractivity contribution in [1.29, 1.82) is 0 Å². The molecule has 4 aromatic rings. The number of carbonyl (C=O) groups excluding carboxylic acids is 1.